The van der Waals surface area contributed by atoms with Crippen LogP contribution in [0.1, 0.15) is 44.9 Å². The van der Waals surface area contributed by atoms with E-state index in [4.69, 9.17) is 31.3 Å². The van der Waals surface area contributed by atoms with Crippen LogP contribution in [0.3, 0.4) is 0 Å². The van der Waals surface area contributed by atoms with E-state index in [1.165, 1.54) is 0 Å². The number of amides is 3. The number of carboxylic acids is 5. The highest BCUT2D eigenvalue weighted by Gasteiger charge is 2.32. The number of hydrogen-bond acceptors (Lipinski definition) is 9. The van der Waals surface area contributed by atoms with E-state index in [0.29, 0.717) is 0 Å². The third-order valence-electron chi connectivity index (χ3n) is 4.56. The summed E-state index contributed by atoms with van der Waals surface area (Å²) >= 11 is 0. The molecule has 0 aliphatic rings. The molecular weight excluding hydrogens is 492 g/mol. The molecule has 0 aromatic rings. The smallest absolute Gasteiger partial charge is 0.326 e. The second-order valence-electron chi connectivity index (χ2n) is 7.52. The van der Waals surface area contributed by atoms with Gasteiger partial charge in [-0.15, -0.1) is 0 Å². The first kappa shape index (κ1) is 31.7. The Morgan fingerprint density at radius 1 is 0.528 bits per heavy atom. The molecule has 0 radical (unpaired) electrons. The fourth-order valence-electron chi connectivity index (χ4n) is 2.68. The van der Waals surface area contributed by atoms with E-state index < -0.39 is 110 Å². The largest absolute Gasteiger partial charge is 0.481 e. The highest BCUT2D eigenvalue weighted by molar-refractivity contribution is 5.95. The second kappa shape index (κ2) is 15.6. The Morgan fingerprint density at radius 2 is 0.917 bits per heavy atom. The number of rotatable bonds is 18. The fraction of sp³-hybridized carbons (Fsp3) is 0.579. The van der Waals surface area contributed by atoms with E-state index in [1.54, 1.807) is 0 Å². The van der Waals surface area contributed by atoms with E-state index in [-0.39, 0.29) is 6.42 Å². The van der Waals surface area contributed by atoms with Crippen LogP contribution >= 0.6 is 0 Å². The van der Waals surface area contributed by atoms with E-state index in [1.807, 2.05) is 10.6 Å². The number of nitrogens with two attached hydrogens (primary N) is 1. The predicted molar refractivity (Wildman–Crippen MR) is 114 cm³/mol. The lowest BCUT2D eigenvalue weighted by molar-refractivity contribution is -0.144. The van der Waals surface area contributed by atoms with Gasteiger partial charge in [-0.1, -0.05) is 0 Å². The zero-order chi connectivity index (χ0) is 28.0. The van der Waals surface area contributed by atoms with Crippen LogP contribution in [0.4, 0.5) is 0 Å². The molecule has 17 heteroatoms. The lowest BCUT2D eigenvalue weighted by Crippen LogP contribution is -2.57. The van der Waals surface area contributed by atoms with Crippen molar-refractivity contribution >= 4 is 47.6 Å². The Hall–Kier alpha value is -4.28. The highest BCUT2D eigenvalue weighted by Crippen LogP contribution is 2.05. The lowest BCUT2D eigenvalue weighted by atomic mass is 10.1. The number of carbonyl (C=O) groups is 8. The first-order valence-corrected chi connectivity index (χ1v) is 10.4. The fourth-order valence-corrected chi connectivity index (χ4v) is 2.68. The minimum absolute atomic E-state index is 0.314. The van der Waals surface area contributed by atoms with Gasteiger partial charge >= 0.3 is 29.8 Å². The standard InChI is InChI=1S/C19H28N4O13/c20-8(1-4-12(24)25)16(32)21-9(2-5-13(26)27)17(33)23-11(7-15(30)31)18(34)22-10(19(35)36)3-6-14(28)29/h8-11H,1-7,20H2,(H,21,32)(H,22,34)(H,23,33)(H,24,25)(H,26,27)(H,28,29)(H,30,31)(H,35,36). The number of carboxylic acid groups (broad SMARTS) is 5. The third-order valence-corrected chi connectivity index (χ3v) is 4.56. The van der Waals surface area contributed by atoms with Crippen molar-refractivity contribution < 1.29 is 63.9 Å². The SMILES string of the molecule is NC(CCC(=O)O)C(=O)NC(CCC(=O)O)C(=O)NC(CC(=O)O)C(=O)NC(CCC(=O)O)C(=O)O. The van der Waals surface area contributed by atoms with Crippen LogP contribution in [-0.2, 0) is 38.4 Å². The summed E-state index contributed by atoms with van der Waals surface area (Å²) in [4.78, 5) is 92.1. The maximum atomic E-state index is 12.7. The zero-order valence-corrected chi connectivity index (χ0v) is 18.8. The molecule has 0 heterocycles. The van der Waals surface area contributed by atoms with Gasteiger partial charge in [0, 0.05) is 19.3 Å². The first-order chi connectivity index (χ1) is 16.6. The van der Waals surface area contributed by atoms with Crippen LogP contribution in [0.15, 0.2) is 0 Å². The molecule has 0 spiro atoms. The van der Waals surface area contributed by atoms with Crippen LogP contribution in [-0.4, -0.2) is 97.3 Å². The maximum absolute atomic E-state index is 12.7. The maximum Gasteiger partial charge on any atom is 0.326 e. The molecule has 17 nitrogen and oxygen atoms in total. The van der Waals surface area contributed by atoms with Crippen molar-refractivity contribution in [3.8, 4) is 0 Å². The molecule has 4 atom stereocenters. The molecule has 0 aromatic heterocycles. The quantitative estimate of drug-likeness (QED) is 0.0866. The second-order valence-corrected chi connectivity index (χ2v) is 7.52. The zero-order valence-electron chi connectivity index (χ0n) is 18.8. The Balaban J connectivity index is 5.58. The molecule has 0 fully saturated rings. The summed E-state index contributed by atoms with van der Waals surface area (Å²) in [5.41, 5.74) is 5.56. The average Bonchev–Trinajstić information content (AvgIpc) is 2.75. The van der Waals surface area contributed by atoms with Gasteiger partial charge in [-0.25, -0.2) is 4.79 Å². The predicted octanol–water partition coefficient (Wildman–Crippen LogP) is -3.08. The van der Waals surface area contributed by atoms with Gasteiger partial charge in [-0.3, -0.25) is 33.6 Å². The van der Waals surface area contributed by atoms with Gasteiger partial charge in [-0.05, 0) is 19.3 Å². The minimum Gasteiger partial charge on any atom is -0.481 e. The molecule has 0 saturated carbocycles. The molecule has 0 bridgehead atoms. The summed E-state index contributed by atoms with van der Waals surface area (Å²) in [6, 6.07) is -6.62. The lowest BCUT2D eigenvalue weighted by Gasteiger charge is -2.24. The topological polar surface area (TPSA) is 300 Å². The van der Waals surface area contributed by atoms with Gasteiger partial charge < -0.3 is 47.2 Å². The van der Waals surface area contributed by atoms with Crippen molar-refractivity contribution in [2.45, 2.75) is 69.1 Å². The Morgan fingerprint density at radius 3 is 1.36 bits per heavy atom. The van der Waals surface area contributed by atoms with Crippen molar-refractivity contribution in [2.75, 3.05) is 0 Å². The van der Waals surface area contributed by atoms with Gasteiger partial charge in [0.2, 0.25) is 17.7 Å². The molecule has 36 heavy (non-hydrogen) atoms. The van der Waals surface area contributed by atoms with Crippen LogP contribution in [0.2, 0.25) is 0 Å². The summed E-state index contributed by atoms with van der Waals surface area (Å²) in [5.74, 6) is -10.7. The Kier molecular flexibility index (Phi) is 13.7. The molecule has 3 amide bonds. The number of hydrogen-bond donors (Lipinski definition) is 9. The van der Waals surface area contributed by atoms with E-state index in [2.05, 4.69) is 5.32 Å². The molecule has 4 unspecified atom stereocenters. The van der Waals surface area contributed by atoms with Gasteiger partial charge in [0.1, 0.15) is 18.1 Å². The summed E-state index contributed by atoms with van der Waals surface area (Å²) < 4.78 is 0. The number of carbonyl (C=O) groups excluding carboxylic acids is 3. The van der Waals surface area contributed by atoms with Crippen LogP contribution in [0.25, 0.3) is 0 Å². The van der Waals surface area contributed by atoms with Gasteiger partial charge in [0.05, 0.1) is 12.5 Å². The molecule has 10 N–H and O–H groups in total. The number of aliphatic carboxylic acids is 5. The van der Waals surface area contributed by atoms with Gasteiger partial charge in [-0.2, -0.15) is 0 Å². The van der Waals surface area contributed by atoms with Gasteiger partial charge in [0.15, 0.2) is 0 Å². The average molecular weight is 520 g/mol. The van der Waals surface area contributed by atoms with Crippen molar-refractivity contribution in [3.05, 3.63) is 0 Å². The summed E-state index contributed by atoms with van der Waals surface area (Å²) in [5, 5.41) is 50.5. The summed E-state index contributed by atoms with van der Waals surface area (Å²) in [6.45, 7) is 0. The number of nitrogens with one attached hydrogen (secondary N) is 3. The van der Waals surface area contributed by atoms with Crippen LogP contribution in [0, 0.1) is 0 Å². The van der Waals surface area contributed by atoms with Crippen molar-refractivity contribution in [2.24, 2.45) is 5.73 Å². The minimum atomic E-state index is -1.88. The molecular formula is C19H28N4O13. The third kappa shape index (κ3) is 13.4. The molecule has 0 aliphatic carbocycles. The Labute approximate surface area is 203 Å². The van der Waals surface area contributed by atoms with Crippen LogP contribution < -0.4 is 21.7 Å². The molecule has 202 valence electrons. The molecule has 0 aliphatic heterocycles. The monoisotopic (exact) mass is 520 g/mol. The van der Waals surface area contributed by atoms with Crippen molar-refractivity contribution in [1.29, 1.82) is 0 Å². The first-order valence-electron chi connectivity index (χ1n) is 10.4. The Bertz CT molecular complexity index is 875. The molecule has 0 saturated heterocycles. The summed E-state index contributed by atoms with van der Waals surface area (Å²) in [6.07, 6.45) is -4.18. The summed E-state index contributed by atoms with van der Waals surface area (Å²) in [7, 11) is 0. The van der Waals surface area contributed by atoms with E-state index in [9.17, 15) is 38.4 Å². The van der Waals surface area contributed by atoms with Crippen LogP contribution in [0.5, 0.6) is 0 Å². The van der Waals surface area contributed by atoms with Crippen molar-refractivity contribution in [1.82, 2.24) is 16.0 Å². The van der Waals surface area contributed by atoms with E-state index >= 15 is 0 Å². The molecule has 0 rings (SSSR count). The van der Waals surface area contributed by atoms with Crippen molar-refractivity contribution in [3.63, 3.8) is 0 Å². The van der Waals surface area contributed by atoms with Gasteiger partial charge in [0.25, 0.3) is 0 Å². The van der Waals surface area contributed by atoms with E-state index in [0.717, 1.165) is 0 Å². The normalized spacial score (nSPS) is 13.8. The highest BCUT2D eigenvalue weighted by atomic mass is 16.4. The molecule has 0 aromatic carbocycles.